The van der Waals surface area contributed by atoms with E-state index < -0.39 is 0 Å². The zero-order chi connectivity index (χ0) is 21.2. The number of oxime groups is 1. The molecule has 31 heavy (non-hydrogen) atoms. The zero-order valence-electron chi connectivity index (χ0n) is 18.4. The Morgan fingerprint density at radius 2 is 1.87 bits per heavy atom. The number of fused-ring (bicyclic) bond motifs is 7. The van der Waals surface area contributed by atoms with Gasteiger partial charge in [0.1, 0.15) is 0 Å². The molecule has 1 aromatic heterocycles. The van der Waals surface area contributed by atoms with Crippen molar-refractivity contribution in [2.24, 2.45) is 33.7 Å². The number of nitrogens with one attached hydrogen (secondary N) is 1. The number of hydrogen-bond acceptors (Lipinski definition) is 5. The first kappa shape index (κ1) is 19.5. The fraction of sp³-hybridized carbons (Fsp3) is 0.538. The molecule has 6 rings (SSSR count). The second-order valence-corrected chi connectivity index (χ2v) is 11.5. The van der Waals surface area contributed by atoms with Gasteiger partial charge in [0.2, 0.25) is 0 Å². The van der Waals surface area contributed by atoms with Crippen LogP contribution in [0.5, 0.6) is 0 Å². The smallest absolute Gasteiger partial charge is 0.187 e. The highest BCUT2D eigenvalue weighted by molar-refractivity contribution is 7.16. The lowest BCUT2D eigenvalue weighted by molar-refractivity contribution is 0.0110. The lowest BCUT2D eigenvalue weighted by atomic mass is 9.48. The van der Waals surface area contributed by atoms with Gasteiger partial charge in [-0.15, -0.1) is 0 Å². The van der Waals surface area contributed by atoms with E-state index in [1.165, 1.54) is 29.8 Å². The van der Waals surface area contributed by atoms with E-state index in [1.54, 1.807) is 5.57 Å². The number of aromatic nitrogens is 1. The van der Waals surface area contributed by atoms with Gasteiger partial charge in [0.15, 0.2) is 5.13 Å². The van der Waals surface area contributed by atoms with Crippen LogP contribution in [0.25, 0.3) is 5.57 Å². The van der Waals surface area contributed by atoms with Crippen molar-refractivity contribution >= 4 is 33.4 Å². The van der Waals surface area contributed by atoms with Crippen molar-refractivity contribution in [2.75, 3.05) is 5.32 Å². The van der Waals surface area contributed by atoms with Crippen LogP contribution in [0.3, 0.4) is 0 Å². The summed E-state index contributed by atoms with van der Waals surface area (Å²) >= 11 is 1.83. The van der Waals surface area contributed by atoms with Crippen molar-refractivity contribution < 1.29 is 5.21 Å². The number of thiazole rings is 1. The molecule has 5 atom stereocenters. The normalized spacial score (nSPS) is 37.4. The van der Waals surface area contributed by atoms with Crippen molar-refractivity contribution in [3.05, 3.63) is 47.0 Å². The van der Waals surface area contributed by atoms with Crippen LogP contribution in [0.1, 0.15) is 62.9 Å². The molecule has 4 aliphatic carbocycles. The largest absolute Gasteiger partial charge is 0.411 e. The van der Waals surface area contributed by atoms with Gasteiger partial charge in [-0.2, -0.15) is 0 Å². The highest BCUT2D eigenvalue weighted by Gasteiger charge is 2.58. The summed E-state index contributed by atoms with van der Waals surface area (Å²) in [5.74, 6) is 2.09. The Morgan fingerprint density at radius 1 is 1.06 bits per heavy atom. The molecule has 0 radical (unpaired) electrons. The summed E-state index contributed by atoms with van der Waals surface area (Å²) < 4.78 is 0. The van der Waals surface area contributed by atoms with Gasteiger partial charge in [-0.1, -0.05) is 54.6 Å². The van der Waals surface area contributed by atoms with E-state index >= 15 is 0 Å². The van der Waals surface area contributed by atoms with Crippen LogP contribution in [0.15, 0.2) is 41.6 Å². The molecule has 0 aliphatic heterocycles. The third kappa shape index (κ3) is 2.78. The first-order valence-electron chi connectivity index (χ1n) is 11.8. The van der Waals surface area contributed by atoms with Gasteiger partial charge in [-0.3, -0.25) is 0 Å². The molecule has 0 spiro atoms. The van der Waals surface area contributed by atoms with Gasteiger partial charge in [-0.05, 0) is 85.8 Å². The maximum Gasteiger partial charge on any atom is 0.187 e. The molecule has 2 fully saturated rings. The van der Waals surface area contributed by atoms with Crippen LogP contribution in [0.2, 0.25) is 0 Å². The molecule has 0 unspecified atom stereocenters. The minimum absolute atomic E-state index is 0.106. The summed E-state index contributed by atoms with van der Waals surface area (Å²) in [6.45, 7) is 4.89. The topological polar surface area (TPSA) is 57.5 Å². The third-order valence-corrected chi connectivity index (χ3v) is 10.2. The molecule has 0 bridgehead atoms. The molecule has 0 amide bonds. The van der Waals surface area contributed by atoms with Gasteiger partial charge < -0.3 is 10.5 Å². The highest BCUT2D eigenvalue weighted by atomic mass is 32.1. The zero-order valence-corrected chi connectivity index (χ0v) is 19.2. The highest BCUT2D eigenvalue weighted by Crippen LogP contribution is 2.65. The molecule has 2 saturated carbocycles. The molecular weight excluding hydrogens is 402 g/mol. The number of nitrogens with zero attached hydrogens (tertiary/aromatic N) is 2. The molecule has 4 nitrogen and oxygen atoms in total. The van der Waals surface area contributed by atoms with Gasteiger partial charge in [0.25, 0.3) is 0 Å². The van der Waals surface area contributed by atoms with Gasteiger partial charge in [-0.25, -0.2) is 4.98 Å². The van der Waals surface area contributed by atoms with Crippen molar-refractivity contribution in [1.29, 1.82) is 0 Å². The number of benzene rings is 1. The van der Waals surface area contributed by atoms with E-state index in [1.807, 2.05) is 17.4 Å². The Kier molecular flexibility index (Phi) is 4.37. The van der Waals surface area contributed by atoms with Crippen molar-refractivity contribution in [1.82, 2.24) is 4.98 Å². The van der Waals surface area contributed by atoms with E-state index in [4.69, 9.17) is 4.98 Å². The first-order chi connectivity index (χ1) is 15.0. The van der Waals surface area contributed by atoms with Crippen molar-refractivity contribution in [3.63, 3.8) is 0 Å². The van der Waals surface area contributed by atoms with E-state index in [-0.39, 0.29) is 10.8 Å². The summed E-state index contributed by atoms with van der Waals surface area (Å²) in [5, 5.41) is 17.8. The fourth-order valence-corrected chi connectivity index (χ4v) is 8.74. The number of hydrogen-bond donors (Lipinski definition) is 2. The lowest BCUT2D eigenvalue weighted by Crippen LogP contribution is -2.49. The molecule has 4 aliphatic rings. The number of anilines is 2. The number of rotatable bonds is 2. The lowest BCUT2D eigenvalue weighted by Gasteiger charge is -2.56. The Morgan fingerprint density at radius 3 is 2.68 bits per heavy atom. The van der Waals surface area contributed by atoms with Crippen LogP contribution >= 0.6 is 11.3 Å². The molecular formula is C26H31N3OS. The van der Waals surface area contributed by atoms with E-state index in [2.05, 4.69) is 54.7 Å². The number of aryl methyl sites for hydroxylation is 1. The van der Waals surface area contributed by atoms with Crippen LogP contribution in [0, 0.1) is 28.6 Å². The van der Waals surface area contributed by atoms with Crippen LogP contribution in [0.4, 0.5) is 10.8 Å². The SMILES string of the molecule is C[C@]12CCc3nc(Nc4ccccc4)sc3C1=CC[C@@H]1[C@@H]2CC[C@]2(C)/C(=N/O)CC[C@@H]12. The molecule has 5 heteroatoms. The molecule has 1 aromatic carbocycles. The van der Waals surface area contributed by atoms with Gasteiger partial charge in [0.05, 0.1) is 16.3 Å². The maximum atomic E-state index is 9.59. The van der Waals surface area contributed by atoms with E-state index in [9.17, 15) is 5.21 Å². The van der Waals surface area contributed by atoms with Crippen LogP contribution in [-0.2, 0) is 6.42 Å². The van der Waals surface area contributed by atoms with Crippen LogP contribution < -0.4 is 5.32 Å². The predicted octanol–water partition coefficient (Wildman–Crippen LogP) is 6.90. The number of para-hydroxylation sites is 1. The summed E-state index contributed by atoms with van der Waals surface area (Å²) in [6, 6.07) is 10.4. The van der Waals surface area contributed by atoms with Crippen molar-refractivity contribution in [3.8, 4) is 0 Å². The average Bonchev–Trinajstić information content (AvgIpc) is 3.33. The molecule has 2 N–H and O–H groups in total. The summed E-state index contributed by atoms with van der Waals surface area (Å²) in [7, 11) is 0. The summed E-state index contributed by atoms with van der Waals surface area (Å²) in [6.07, 6.45) is 10.6. The van der Waals surface area contributed by atoms with Crippen LogP contribution in [-0.4, -0.2) is 15.9 Å². The molecule has 0 saturated heterocycles. The van der Waals surface area contributed by atoms with Gasteiger partial charge >= 0.3 is 0 Å². The Balaban J connectivity index is 1.34. The summed E-state index contributed by atoms with van der Waals surface area (Å²) in [5.41, 5.74) is 5.35. The second-order valence-electron chi connectivity index (χ2n) is 10.5. The monoisotopic (exact) mass is 433 g/mol. The first-order valence-corrected chi connectivity index (χ1v) is 12.6. The molecule has 2 aromatic rings. The molecule has 1 heterocycles. The van der Waals surface area contributed by atoms with E-state index in [0.717, 1.165) is 48.1 Å². The number of allylic oxidation sites excluding steroid dienone is 2. The summed E-state index contributed by atoms with van der Waals surface area (Å²) in [4.78, 5) is 6.40. The van der Waals surface area contributed by atoms with Gasteiger partial charge in [0, 0.05) is 11.1 Å². The average molecular weight is 434 g/mol. The standard InChI is InChI=1S/C26H31N3OS/c1-25-15-13-21-23(31-24(28-21)27-16-6-4-3-5-7-16)20(25)9-8-17-18-10-11-22(29-30)26(18,2)14-12-19(17)25/h3-7,9,17-19,30H,8,10-15H2,1-2H3,(H,27,28)/b29-22+/t17-,18-,19-,25+,26-/m0/s1. The van der Waals surface area contributed by atoms with Crippen molar-refractivity contribution in [2.45, 2.75) is 58.8 Å². The Labute approximate surface area is 188 Å². The Hall–Kier alpha value is -2.14. The minimum atomic E-state index is 0.106. The third-order valence-electron chi connectivity index (χ3n) is 9.17. The quantitative estimate of drug-likeness (QED) is 0.400. The maximum absolute atomic E-state index is 9.59. The Bertz CT molecular complexity index is 1070. The fourth-order valence-electron chi connectivity index (χ4n) is 7.53. The predicted molar refractivity (Wildman–Crippen MR) is 127 cm³/mol. The van der Waals surface area contributed by atoms with E-state index in [0.29, 0.717) is 11.8 Å². The molecule has 162 valence electrons. The second kappa shape index (κ2) is 6.93. The minimum Gasteiger partial charge on any atom is -0.411 e.